The molecule has 0 fully saturated rings. The van der Waals surface area contributed by atoms with E-state index in [2.05, 4.69) is 15.4 Å². The van der Waals surface area contributed by atoms with Crippen LogP contribution in [0.4, 0.5) is 5.82 Å². The maximum atomic E-state index is 11.8. The van der Waals surface area contributed by atoms with Crippen molar-refractivity contribution >= 4 is 34.9 Å². The van der Waals surface area contributed by atoms with Gasteiger partial charge in [0, 0.05) is 18.3 Å². The second kappa shape index (κ2) is 4.73. The Kier molecular flexibility index (Phi) is 3.31. The van der Waals surface area contributed by atoms with Crippen LogP contribution in [0.2, 0.25) is 10.2 Å². The molecule has 2 rings (SSSR count). The highest BCUT2D eigenvalue weighted by molar-refractivity contribution is 6.34. The number of carbonyl (C=O) groups is 1. The van der Waals surface area contributed by atoms with Crippen LogP contribution >= 0.6 is 23.2 Å². The highest BCUT2D eigenvalue weighted by atomic mass is 35.5. The van der Waals surface area contributed by atoms with E-state index in [0.29, 0.717) is 16.4 Å². The number of nitrogens with one attached hydrogen (secondary N) is 1. The lowest BCUT2D eigenvalue weighted by molar-refractivity contribution is 0.102. The molecule has 1 N–H and O–H groups in total. The zero-order valence-electron chi connectivity index (χ0n) is 8.82. The molecule has 1 amide bonds. The standard InChI is InChI=1S/C10H8Cl2N4O/c1-16-5-6(4-13-16)10(17)15-9-3-7(11)2-8(12)14-9/h2-5H,1H3,(H,14,15,17). The van der Waals surface area contributed by atoms with Gasteiger partial charge in [-0.25, -0.2) is 4.98 Å². The Bertz CT molecular complexity index is 547. The van der Waals surface area contributed by atoms with Gasteiger partial charge in [0.25, 0.3) is 5.91 Å². The average Bonchev–Trinajstić information content (AvgIpc) is 2.63. The predicted octanol–water partition coefficient (Wildman–Crippen LogP) is 2.37. The van der Waals surface area contributed by atoms with Gasteiger partial charge in [0.15, 0.2) is 0 Å². The first kappa shape index (κ1) is 11.9. The van der Waals surface area contributed by atoms with Crippen LogP contribution in [0.25, 0.3) is 0 Å². The maximum Gasteiger partial charge on any atom is 0.260 e. The van der Waals surface area contributed by atoms with Gasteiger partial charge in [-0.2, -0.15) is 5.10 Å². The van der Waals surface area contributed by atoms with Crippen LogP contribution < -0.4 is 5.32 Å². The average molecular weight is 271 g/mol. The van der Waals surface area contributed by atoms with Crippen LogP contribution in [-0.2, 0) is 7.05 Å². The lowest BCUT2D eigenvalue weighted by Crippen LogP contribution is -2.12. The summed E-state index contributed by atoms with van der Waals surface area (Å²) in [7, 11) is 1.73. The van der Waals surface area contributed by atoms with Crippen molar-refractivity contribution in [2.24, 2.45) is 7.05 Å². The molecule has 2 heterocycles. The second-order valence-corrected chi connectivity index (χ2v) is 4.17. The van der Waals surface area contributed by atoms with E-state index in [1.54, 1.807) is 13.2 Å². The lowest BCUT2D eigenvalue weighted by atomic mass is 10.3. The van der Waals surface area contributed by atoms with Crippen LogP contribution in [-0.4, -0.2) is 20.7 Å². The maximum absolute atomic E-state index is 11.8. The van der Waals surface area contributed by atoms with Crippen molar-refractivity contribution in [2.45, 2.75) is 0 Å². The van der Waals surface area contributed by atoms with Gasteiger partial charge < -0.3 is 5.32 Å². The molecule has 0 atom stereocenters. The third-order valence-electron chi connectivity index (χ3n) is 1.97. The number of amides is 1. The van der Waals surface area contributed by atoms with Crippen molar-refractivity contribution in [3.63, 3.8) is 0 Å². The van der Waals surface area contributed by atoms with Gasteiger partial charge in [-0.15, -0.1) is 0 Å². The van der Waals surface area contributed by atoms with E-state index in [1.807, 2.05) is 0 Å². The summed E-state index contributed by atoms with van der Waals surface area (Å²) in [4.78, 5) is 15.7. The fourth-order valence-electron chi connectivity index (χ4n) is 1.26. The van der Waals surface area contributed by atoms with Crippen molar-refractivity contribution in [1.82, 2.24) is 14.8 Å². The molecule has 0 spiro atoms. The number of hydrogen-bond donors (Lipinski definition) is 1. The first-order chi connectivity index (χ1) is 8.04. The van der Waals surface area contributed by atoms with Crippen molar-refractivity contribution in [2.75, 3.05) is 5.32 Å². The molecule has 17 heavy (non-hydrogen) atoms. The molecule has 0 bridgehead atoms. The molecule has 0 aliphatic carbocycles. The highest BCUT2D eigenvalue weighted by Gasteiger charge is 2.09. The summed E-state index contributed by atoms with van der Waals surface area (Å²) >= 11 is 11.5. The minimum Gasteiger partial charge on any atom is -0.306 e. The van der Waals surface area contributed by atoms with E-state index in [4.69, 9.17) is 23.2 Å². The largest absolute Gasteiger partial charge is 0.306 e. The van der Waals surface area contributed by atoms with Crippen LogP contribution in [0.1, 0.15) is 10.4 Å². The highest BCUT2D eigenvalue weighted by Crippen LogP contribution is 2.18. The number of nitrogens with zero attached hydrogens (tertiary/aromatic N) is 3. The van der Waals surface area contributed by atoms with Gasteiger partial charge in [-0.05, 0) is 12.1 Å². The minimum atomic E-state index is -0.316. The fraction of sp³-hybridized carbons (Fsp3) is 0.100. The van der Waals surface area contributed by atoms with Gasteiger partial charge in [-0.1, -0.05) is 23.2 Å². The molecular weight excluding hydrogens is 263 g/mol. The normalized spacial score (nSPS) is 10.3. The van der Waals surface area contributed by atoms with Crippen molar-refractivity contribution < 1.29 is 4.79 Å². The Morgan fingerprint density at radius 1 is 1.41 bits per heavy atom. The molecular formula is C10H8Cl2N4O. The lowest BCUT2D eigenvalue weighted by Gasteiger charge is -2.03. The van der Waals surface area contributed by atoms with Gasteiger partial charge in [-0.3, -0.25) is 9.48 Å². The predicted molar refractivity (Wildman–Crippen MR) is 65.4 cm³/mol. The number of carbonyl (C=O) groups excluding carboxylic acids is 1. The summed E-state index contributed by atoms with van der Waals surface area (Å²) in [6.07, 6.45) is 3.06. The molecule has 88 valence electrons. The molecule has 0 unspecified atom stereocenters. The Morgan fingerprint density at radius 2 is 2.18 bits per heavy atom. The Hall–Kier alpha value is -1.59. The summed E-state index contributed by atoms with van der Waals surface area (Å²) in [5, 5.41) is 7.11. The zero-order chi connectivity index (χ0) is 12.4. The van der Waals surface area contributed by atoms with Crippen LogP contribution in [0, 0.1) is 0 Å². The van der Waals surface area contributed by atoms with Crippen LogP contribution in [0.15, 0.2) is 24.5 Å². The third-order valence-corrected chi connectivity index (χ3v) is 2.38. The Morgan fingerprint density at radius 3 is 2.76 bits per heavy atom. The van der Waals surface area contributed by atoms with Crippen molar-refractivity contribution in [3.05, 3.63) is 40.3 Å². The van der Waals surface area contributed by atoms with Gasteiger partial charge in [0.05, 0.1) is 11.8 Å². The van der Waals surface area contributed by atoms with E-state index in [-0.39, 0.29) is 11.1 Å². The fourth-order valence-corrected chi connectivity index (χ4v) is 1.73. The summed E-state index contributed by atoms with van der Waals surface area (Å²) in [5.74, 6) is -0.0136. The summed E-state index contributed by atoms with van der Waals surface area (Å²) in [5.41, 5.74) is 0.436. The molecule has 0 radical (unpaired) electrons. The first-order valence-corrected chi connectivity index (χ1v) is 5.43. The van der Waals surface area contributed by atoms with E-state index in [1.165, 1.54) is 23.0 Å². The number of rotatable bonds is 2. The topological polar surface area (TPSA) is 59.8 Å². The Balaban J connectivity index is 2.18. The molecule has 5 nitrogen and oxygen atoms in total. The van der Waals surface area contributed by atoms with E-state index < -0.39 is 0 Å². The molecule has 0 saturated carbocycles. The second-order valence-electron chi connectivity index (χ2n) is 3.35. The van der Waals surface area contributed by atoms with E-state index in [0.717, 1.165) is 0 Å². The van der Waals surface area contributed by atoms with Crippen LogP contribution in [0.3, 0.4) is 0 Å². The van der Waals surface area contributed by atoms with Gasteiger partial charge >= 0.3 is 0 Å². The van der Waals surface area contributed by atoms with Gasteiger partial charge in [0.2, 0.25) is 0 Å². The Labute approximate surface area is 107 Å². The molecule has 0 aromatic carbocycles. The number of pyridine rings is 1. The summed E-state index contributed by atoms with van der Waals surface area (Å²) in [6.45, 7) is 0. The zero-order valence-corrected chi connectivity index (χ0v) is 10.3. The molecule has 0 aliphatic rings. The third kappa shape index (κ3) is 2.95. The number of aromatic nitrogens is 3. The van der Waals surface area contributed by atoms with Crippen LogP contribution in [0.5, 0.6) is 0 Å². The minimum absolute atomic E-state index is 0.221. The van der Waals surface area contributed by atoms with E-state index in [9.17, 15) is 4.79 Å². The molecule has 2 aromatic heterocycles. The monoisotopic (exact) mass is 270 g/mol. The van der Waals surface area contributed by atoms with E-state index >= 15 is 0 Å². The molecule has 7 heteroatoms. The SMILES string of the molecule is Cn1cc(C(=O)Nc2cc(Cl)cc(Cl)n2)cn1. The number of anilines is 1. The van der Waals surface area contributed by atoms with Crippen molar-refractivity contribution in [1.29, 1.82) is 0 Å². The summed E-state index contributed by atoms with van der Waals surface area (Å²) in [6, 6.07) is 3.00. The number of halogens is 2. The number of aryl methyl sites for hydroxylation is 1. The van der Waals surface area contributed by atoms with Gasteiger partial charge in [0.1, 0.15) is 11.0 Å². The van der Waals surface area contributed by atoms with Crippen molar-refractivity contribution in [3.8, 4) is 0 Å². The molecule has 0 aliphatic heterocycles. The first-order valence-electron chi connectivity index (χ1n) is 4.67. The smallest absolute Gasteiger partial charge is 0.260 e. The summed E-state index contributed by atoms with van der Waals surface area (Å²) < 4.78 is 1.54. The number of hydrogen-bond acceptors (Lipinski definition) is 3. The quantitative estimate of drug-likeness (QED) is 0.853. The molecule has 0 saturated heterocycles. The molecule has 2 aromatic rings.